The number of ether oxygens (including phenoxy) is 1. The molecular weight excluding hydrogens is 320 g/mol. The van der Waals surface area contributed by atoms with Crippen molar-refractivity contribution in [3.8, 4) is 5.75 Å². The number of amides is 1. The molecule has 1 aromatic heterocycles. The van der Waals surface area contributed by atoms with Crippen molar-refractivity contribution in [2.75, 3.05) is 51.7 Å². The minimum absolute atomic E-state index is 0.185. The molecule has 0 spiro atoms. The molecule has 3 rings (SSSR count). The second kappa shape index (κ2) is 8.13. The van der Waals surface area contributed by atoms with Crippen LogP contribution in [-0.4, -0.2) is 67.2 Å². The number of piperazine rings is 1. The third-order valence-corrected chi connectivity index (χ3v) is 4.25. The molecule has 1 saturated heterocycles. The third-order valence-electron chi connectivity index (χ3n) is 4.25. The highest BCUT2D eigenvalue weighted by molar-refractivity contribution is 6.03. The molecule has 134 valence electrons. The lowest BCUT2D eigenvalue weighted by atomic mass is 10.2. The van der Waals surface area contributed by atoms with E-state index in [1.807, 2.05) is 24.3 Å². The summed E-state index contributed by atoms with van der Waals surface area (Å²) in [5.74, 6) is 0.502. The highest BCUT2D eigenvalue weighted by atomic mass is 16.5. The van der Waals surface area contributed by atoms with Crippen LogP contribution in [0.15, 0.2) is 34.9 Å². The Balaban J connectivity index is 1.54. The van der Waals surface area contributed by atoms with Crippen molar-refractivity contribution in [2.45, 2.75) is 6.92 Å². The summed E-state index contributed by atoms with van der Waals surface area (Å²) in [6.07, 6.45) is 0. The molecule has 1 amide bonds. The summed E-state index contributed by atoms with van der Waals surface area (Å²) < 4.78 is 10.9. The van der Waals surface area contributed by atoms with Crippen LogP contribution in [0.5, 0.6) is 5.75 Å². The summed E-state index contributed by atoms with van der Waals surface area (Å²) in [5.41, 5.74) is 1.29. The molecule has 1 fully saturated rings. The van der Waals surface area contributed by atoms with Gasteiger partial charge in [-0.25, -0.2) is 0 Å². The molecule has 2 heterocycles. The topological polar surface area (TPSA) is 70.8 Å². The summed E-state index contributed by atoms with van der Waals surface area (Å²) in [7, 11) is 2.14. The number of likely N-dealkylation sites (N-methyl/N-ethyl adjacent to an activating group) is 1. The van der Waals surface area contributed by atoms with Crippen LogP contribution in [0.4, 0.5) is 5.69 Å². The van der Waals surface area contributed by atoms with Gasteiger partial charge in [0.15, 0.2) is 0 Å². The minimum atomic E-state index is -0.337. The van der Waals surface area contributed by atoms with E-state index in [0.29, 0.717) is 23.7 Å². The van der Waals surface area contributed by atoms with Gasteiger partial charge in [-0.15, -0.1) is 0 Å². The van der Waals surface area contributed by atoms with Gasteiger partial charge in [0, 0.05) is 38.8 Å². The summed E-state index contributed by atoms with van der Waals surface area (Å²) in [6.45, 7) is 7.52. The average Bonchev–Trinajstić information content (AvgIpc) is 3.05. The Bertz CT molecular complexity index is 708. The first-order valence-corrected chi connectivity index (χ1v) is 8.49. The Morgan fingerprint density at radius 2 is 2.04 bits per heavy atom. The van der Waals surface area contributed by atoms with Crippen molar-refractivity contribution in [1.29, 1.82) is 0 Å². The number of nitrogens with one attached hydrogen (secondary N) is 1. The number of hydrogen-bond donors (Lipinski definition) is 1. The van der Waals surface area contributed by atoms with Crippen molar-refractivity contribution in [2.24, 2.45) is 0 Å². The van der Waals surface area contributed by atoms with E-state index in [2.05, 4.69) is 27.3 Å². The molecule has 2 aromatic rings. The lowest BCUT2D eigenvalue weighted by Gasteiger charge is -2.32. The van der Waals surface area contributed by atoms with Crippen molar-refractivity contribution in [3.05, 3.63) is 41.8 Å². The number of hydrogen-bond acceptors (Lipinski definition) is 6. The zero-order chi connectivity index (χ0) is 17.6. The third kappa shape index (κ3) is 4.80. The maximum Gasteiger partial charge on any atom is 0.294 e. The summed E-state index contributed by atoms with van der Waals surface area (Å²) in [4.78, 5) is 16.9. The first kappa shape index (κ1) is 17.4. The van der Waals surface area contributed by atoms with Gasteiger partial charge in [0.2, 0.25) is 5.76 Å². The van der Waals surface area contributed by atoms with Crippen LogP contribution in [0.3, 0.4) is 0 Å². The Morgan fingerprint density at radius 1 is 1.28 bits per heavy atom. The molecule has 1 N–H and O–H groups in total. The molecule has 25 heavy (non-hydrogen) atoms. The smallest absolute Gasteiger partial charge is 0.294 e. The first-order valence-electron chi connectivity index (χ1n) is 8.49. The number of benzene rings is 1. The fourth-order valence-electron chi connectivity index (χ4n) is 2.71. The van der Waals surface area contributed by atoms with E-state index in [1.54, 1.807) is 13.0 Å². The predicted molar refractivity (Wildman–Crippen MR) is 95.1 cm³/mol. The van der Waals surface area contributed by atoms with Gasteiger partial charge in [0.1, 0.15) is 12.4 Å². The number of rotatable bonds is 6. The van der Waals surface area contributed by atoms with Crippen LogP contribution in [0, 0.1) is 6.92 Å². The van der Waals surface area contributed by atoms with Crippen LogP contribution in [0.25, 0.3) is 0 Å². The van der Waals surface area contributed by atoms with Gasteiger partial charge in [0.05, 0.1) is 11.4 Å². The van der Waals surface area contributed by atoms with Gasteiger partial charge >= 0.3 is 0 Å². The van der Waals surface area contributed by atoms with Gasteiger partial charge in [-0.3, -0.25) is 9.69 Å². The average molecular weight is 344 g/mol. The SMILES string of the molecule is Cc1cc(C(=O)Nc2ccccc2OCCN2CCN(C)CC2)on1. The molecular formula is C18H24N4O3. The second-order valence-corrected chi connectivity index (χ2v) is 6.28. The fraction of sp³-hybridized carbons (Fsp3) is 0.444. The number of carbonyl (C=O) groups excluding carboxylic acids is 1. The minimum Gasteiger partial charge on any atom is -0.490 e. The largest absolute Gasteiger partial charge is 0.490 e. The zero-order valence-electron chi connectivity index (χ0n) is 14.7. The Labute approximate surface area is 147 Å². The van der Waals surface area contributed by atoms with Gasteiger partial charge in [-0.2, -0.15) is 0 Å². The number of aromatic nitrogens is 1. The normalized spacial score (nSPS) is 15.9. The molecule has 0 atom stereocenters. The molecule has 0 aliphatic carbocycles. The van der Waals surface area contributed by atoms with Crippen LogP contribution in [0.1, 0.15) is 16.2 Å². The number of nitrogens with zero attached hydrogens (tertiary/aromatic N) is 3. The molecule has 1 aliphatic heterocycles. The summed E-state index contributed by atoms with van der Waals surface area (Å²) in [6, 6.07) is 9.01. The lowest BCUT2D eigenvalue weighted by molar-refractivity contribution is 0.0987. The lowest BCUT2D eigenvalue weighted by Crippen LogP contribution is -2.45. The Hall–Kier alpha value is -2.38. The number of para-hydroxylation sites is 2. The van der Waals surface area contributed by atoms with Gasteiger partial charge < -0.3 is 19.5 Å². The fourth-order valence-corrected chi connectivity index (χ4v) is 2.71. The molecule has 1 aliphatic rings. The second-order valence-electron chi connectivity index (χ2n) is 6.28. The first-order chi connectivity index (χ1) is 12.1. The standard InChI is InChI=1S/C18H24N4O3/c1-14-13-17(25-20-14)18(23)19-15-5-3-4-6-16(15)24-12-11-22-9-7-21(2)8-10-22/h3-6,13H,7-12H2,1-2H3,(H,19,23). The maximum atomic E-state index is 12.2. The molecule has 0 bridgehead atoms. The van der Waals surface area contributed by atoms with Gasteiger partial charge in [-0.1, -0.05) is 17.3 Å². The summed E-state index contributed by atoms with van der Waals surface area (Å²) >= 11 is 0. The monoisotopic (exact) mass is 344 g/mol. The maximum absolute atomic E-state index is 12.2. The Kier molecular flexibility index (Phi) is 5.67. The van der Waals surface area contributed by atoms with Crippen LogP contribution >= 0.6 is 0 Å². The molecule has 7 nitrogen and oxygen atoms in total. The molecule has 0 saturated carbocycles. The van der Waals surface area contributed by atoms with E-state index in [4.69, 9.17) is 9.26 Å². The van der Waals surface area contributed by atoms with Crippen molar-refractivity contribution in [1.82, 2.24) is 15.0 Å². The van der Waals surface area contributed by atoms with Crippen LogP contribution in [0.2, 0.25) is 0 Å². The van der Waals surface area contributed by atoms with Crippen molar-refractivity contribution >= 4 is 11.6 Å². The predicted octanol–water partition coefficient (Wildman–Crippen LogP) is 1.86. The van der Waals surface area contributed by atoms with E-state index in [1.165, 1.54) is 0 Å². The van der Waals surface area contributed by atoms with E-state index in [-0.39, 0.29) is 11.7 Å². The molecule has 0 unspecified atom stereocenters. The highest BCUT2D eigenvalue weighted by Gasteiger charge is 2.15. The van der Waals surface area contributed by atoms with E-state index < -0.39 is 0 Å². The molecule has 1 aromatic carbocycles. The molecule has 7 heteroatoms. The van der Waals surface area contributed by atoms with Crippen LogP contribution in [-0.2, 0) is 0 Å². The number of aryl methyl sites for hydroxylation is 1. The van der Waals surface area contributed by atoms with Crippen molar-refractivity contribution in [3.63, 3.8) is 0 Å². The summed E-state index contributed by atoms with van der Waals surface area (Å²) in [5, 5.41) is 6.55. The number of carbonyl (C=O) groups is 1. The van der Waals surface area contributed by atoms with Crippen LogP contribution < -0.4 is 10.1 Å². The van der Waals surface area contributed by atoms with E-state index in [0.717, 1.165) is 32.7 Å². The zero-order valence-corrected chi connectivity index (χ0v) is 14.7. The quantitative estimate of drug-likeness (QED) is 0.862. The highest BCUT2D eigenvalue weighted by Crippen LogP contribution is 2.24. The van der Waals surface area contributed by atoms with Gasteiger partial charge in [0.25, 0.3) is 5.91 Å². The number of anilines is 1. The van der Waals surface area contributed by atoms with E-state index >= 15 is 0 Å². The Morgan fingerprint density at radius 3 is 2.76 bits per heavy atom. The van der Waals surface area contributed by atoms with E-state index in [9.17, 15) is 4.79 Å². The van der Waals surface area contributed by atoms with Gasteiger partial charge in [-0.05, 0) is 26.1 Å². The van der Waals surface area contributed by atoms with Crippen molar-refractivity contribution < 1.29 is 14.1 Å². The molecule has 0 radical (unpaired) electrons.